The Labute approximate surface area is 159 Å². The molecule has 0 saturated carbocycles. The molecule has 0 spiro atoms. The summed E-state index contributed by atoms with van der Waals surface area (Å²) in [6.45, 7) is -1.64. The summed E-state index contributed by atoms with van der Waals surface area (Å²) in [7, 11) is 0. The third kappa shape index (κ3) is 3.64. The van der Waals surface area contributed by atoms with Crippen LogP contribution in [0.15, 0.2) is 36.7 Å². The van der Waals surface area contributed by atoms with Gasteiger partial charge >= 0.3 is 6.18 Å². The molecule has 3 aromatic rings. The SMILES string of the molecule is O=C(Cn1ncc2ncc(-c3ccc(F)c(C(F)(F)F)c3)cc21)N1CC(F)(F)C1. The number of pyridine rings is 1. The Morgan fingerprint density at radius 1 is 1.10 bits per heavy atom. The van der Waals surface area contributed by atoms with Crippen LogP contribution < -0.4 is 0 Å². The first-order valence-corrected chi connectivity index (χ1v) is 8.38. The van der Waals surface area contributed by atoms with Gasteiger partial charge < -0.3 is 4.90 Å². The van der Waals surface area contributed by atoms with E-state index in [-0.39, 0.29) is 17.7 Å². The Morgan fingerprint density at radius 3 is 2.48 bits per heavy atom. The lowest BCUT2D eigenvalue weighted by Gasteiger charge is -2.38. The molecule has 4 rings (SSSR count). The minimum Gasteiger partial charge on any atom is -0.329 e. The summed E-state index contributed by atoms with van der Waals surface area (Å²) in [6.07, 6.45) is -2.20. The molecular formula is C18H12F6N4O. The summed E-state index contributed by atoms with van der Waals surface area (Å²) in [4.78, 5) is 17.2. The lowest BCUT2D eigenvalue weighted by molar-refractivity contribution is -0.166. The van der Waals surface area contributed by atoms with E-state index in [0.29, 0.717) is 23.2 Å². The van der Waals surface area contributed by atoms with E-state index in [2.05, 4.69) is 10.1 Å². The molecule has 1 aromatic carbocycles. The van der Waals surface area contributed by atoms with Crippen LogP contribution in [0.1, 0.15) is 5.56 Å². The van der Waals surface area contributed by atoms with Gasteiger partial charge in [-0.15, -0.1) is 0 Å². The third-order valence-electron chi connectivity index (χ3n) is 4.58. The molecule has 152 valence electrons. The van der Waals surface area contributed by atoms with Gasteiger partial charge in [-0.05, 0) is 23.8 Å². The van der Waals surface area contributed by atoms with E-state index in [0.717, 1.165) is 4.90 Å². The van der Waals surface area contributed by atoms with E-state index >= 15 is 0 Å². The average Bonchev–Trinajstić information content (AvgIpc) is 3.01. The van der Waals surface area contributed by atoms with Crippen LogP contribution in [0.3, 0.4) is 0 Å². The number of likely N-dealkylation sites (tertiary alicyclic amines) is 1. The fourth-order valence-electron chi connectivity index (χ4n) is 3.08. The Balaban J connectivity index is 1.65. The topological polar surface area (TPSA) is 51.0 Å². The minimum atomic E-state index is -4.86. The van der Waals surface area contributed by atoms with Crippen molar-refractivity contribution in [1.82, 2.24) is 19.7 Å². The van der Waals surface area contributed by atoms with Crippen molar-refractivity contribution in [3.8, 4) is 11.1 Å². The monoisotopic (exact) mass is 414 g/mol. The van der Waals surface area contributed by atoms with Crippen LogP contribution in [-0.2, 0) is 17.5 Å². The van der Waals surface area contributed by atoms with Crippen molar-refractivity contribution in [2.24, 2.45) is 0 Å². The molecule has 11 heteroatoms. The molecule has 1 saturated heterocycles. The summed E-state index contributed by atoms with van der Waals surface area (Å²) in [6, 6.07) is 4.03. The van der Waals surface area contributed by atoms with Crippen LogP contribution >= 0.6 is 0 Å². The molecule has 0 radical (unpaired) electrons. The second-order valence-corrected chi connectivity index (χ2v) is 6.73. The highest BCUT2D eigenvalue weighted by molar-refractivity contribution is 5.83. The molecule has 1 fully saturated rings. The molecule has 0 aliphatic carbocycles. The summed E-state index contributed by atoms with van der Waals surface area (Å²) in [5.74, 6) is -4.85. The summed E-state index contributed by atoms with van der Waals surface area (Å²) in [5, 5.41) is 4.00. The van der Waals surface area contributed by atoms with Gasteiger partial charge in [0.05, 0.1) is 30.4 Å². The van der Waals surface area contributed by atoms with Crippen molar-refractivity contribution in [1.29, 1.82) is 0 Å². The molecule has 3 heterocycles. The Hall–Kier alpha value is -3.11. The van der Waals surface area contributed by atoms with Crippen molar-refractivity contribution >= 4 is 16.9 Å². The van der Waals surface area contributed by atoms with E-state index in [1.807, 2.05) is 0 Å². The predicted octanol–water partition coefficient (Wildman–Crippen LogP) is 3.73. The van der Waals surface area contributed by atoms with Gasteiger partial charge in [0.1, 0.15) is 17.9 Å². The van der Waals surface area contributed by atoms with Gasteiger partial charge in [-0.3, -0.25) is 14.5 Å². The van der Waals surface area contributed by atoms with E-state index in [4.69, 9.17) is 0 Å². The maximum absolute atomic E-state index is 13.5. The number of hydrogen-bond donors (Lipinski definition) is 0. The molecule has 0 unspecified atom stereocenters. The number of alkyl halides is 5. The van der Waals surface area contributed by atoms with E-state index in [1.165, 1.54) is 29.2 Å². The molecule has 29 heavy (non-hydrogen) atoms. The normalized spacial score (nSPS) is 16.1. The number of aromatic nitrogens is 3. The quantitative estimate of drug-likeness (QED) is 0.614. The number of nitrogens with zero attached hydrogens (tertiary/aromatic N) is 4. The van der Waals surface area contributed by atoms with Gasteiger partial charge in [0.15, 0.2) is 0 Å². The Bertz CT molecular complexity index is 1100. The molecule has 0 bridgehead atoms. The molecule has 1 amide bonds. The fourth-order valence-corrected chi connectivity index (χ4v) is 3.08. The summed E-state index contributed by atoms with van der Waals surface area (Å²) in [5.41, 5.74) is -0.366. The zero-order chi connectivity index (χ0) is 21.0. The highest BCUT2D eigenvalue weighted by atomic mass is 19.4. The minimum absolute atomic E-state index is 0.0783. The highest BCUT2D eigenvalue weighted by Gasteiger charge is 2.46. The van der Waals surface area contributed by atoms with Crippen LogP contribution in [0.25, 0.3) is 22.2 Å². The second-order valence-electron chi connectivity index (χ2n) is 6.73. The highest BCUT2D eigenvalue weighted by Crippen LogP contribution is 2.34. The molecule has 0 atom stereocenters. The molecule has 0 N–H and O–H groups in total. The molecule has 2 aromatic heterocycles. The summed E-state index contributed by atoms with van der Waals surface area (Å²) < 4.78 is 79.5. The predicted molar refractivity (Wildman–Crippen MR) is 89.5 cm³/mol. The zero-order valence-electron chi connectivity index (χ0n) is 14.6. The number of halogens is 6. The van der Waals surface area contributed by atoms with Crippen molar-refractivity contribution < 1.29 is 31.1 Å². The first-order valence-electron chi connectivity index (χ1n) is 8.38. The number of hydrogen-bond acceptors (Lipinski definition) is 3. The number of amides is 1. The van der Waals surface area contributed by atoms with E-state index in [9.17, 15) is 31.1 Å². The lowest BCUT2D eigenvalue weighted by atomic mass is 10.0. The van der Waals surface area contributed by atoms with Gasteiger partial charge in [-0.25, -0.2) is 13.2 Å². The van der Waals surface area contributed by atoms with E-state index < -0.39 is 42.5 Å². The first-order chi connectivity index (χ1) is 13.5. The van der Waals surface area contributed by atoms with Gasteiger partial charge in [0.2, 0.25) is 5.91 Å². The number of fused-ring (bicyclic) bond motifs is 1. The van der Waals surface area contributed by atoms with E-state index in [1.54, 1.807) is 0 Å². The van der Waals surface area contributed by atoms with Gasteiger partial charge in [0, 0.05) is 11.8 Å². The maximum Gasteiger partial charge on any atom is 0.419 e. The molecular weight excluding hydrogens is 402 g/mol. The first kappa shape index (κ1) is 19.2. The van der Waals surface area contributed by atoms with Crippen LogP contribution in [0.5, 0.6) is 0 Å². The fraction of sp³-hybridized carbons (Fsp3) is 0.278. The Morgan fingerprint density at radius 2 is 1.83 bits per heavy atom. The number of carbonyl (C=O) groups is 1. The second kappa shape index (κ2) is 6.46. The third-order valence-corrected chi connectivity index (χ3v) is 4.58. The largest absolute Gasteiger partial charge is 0.419 e. The van der Waals surface area contributed by atoms with Crippen LogP contribution in [0, 0.1) is 5.82 Å². The zero-order valence-corrected chi connectivity index (χ0v) is 14.6. The smallest absolute Gasteiger partial charge is 0.329 e. The Kier molecular flexibility index (Phi) is 4.28. The molecule has 1 aliphatic rings. The van der Waals surface area contributed by atoms with Gasteiger partial charge in [-0.1, -0.05) is 6.07 Å². The molecule has 1 aliphatic heterocycles. The average molecular weight is 414 g/mol. The lowest BCUT2D eigenvalue weighted by Crippen LogP contribution is -2.59. The van der Waals surface area contributed by atoms with Gasteiger partial charge in [0.25, 0.3) is 5.92 Å². The number of benzene rings is 1. The van der Waals surface area contributed by atoms with Crippen LogP contribution in [0.2, 0.25) is 0 Å². The van der Waals surface area contributed by atoms with Crippen LogP contribution in [-0.4, -0.2) is 44.6 Å². The molecule has 5 nitrogen and oxygen atoms in total. The number of rotatable bonds is 3. The maximum atomic E-state index is 13.5. The number of carbonyl (C=O) groups excluding carboxylic acids is 1. The van der Waals surface area contributed by atoms with Crippen molar-refractivity contribution in [2.75, 3.05) is 13.1 Å². The summed E-state index contributed by atoms with van der Waals surface area (Å²) >= 11 is 0. The van der Waals surface area contributed by atoms with Crippen molar-refractivity contribution in [2.45, 2.75) is 18.6 Å². The van der Waals surface area contributed by atoms with Crippen molar-refractivity contribution in [3.05, 3.63) is 48.0 Å². The van der Waals surface area contributed by atoms with Crippen molar-refractivity contribution in [3.63, 3.8) is 0 Å². The van der Waals surface area contributed by atoms with Gasteiger partial charge in [-0.2, -0.15) is 18.3 Å². The standard InChI is InChI=1S/C18H12F6N4O/c19-13-2-1-10(3-12(13)18(22,23)24)11-4-15-14(25-5-11)6-26-28(15)7-16(29)27-8-17(20,21)9-27/h1-6H,7-9H2. The van der Waals surface area contributed by atoms with Crippen LogP contribution in [0.4, 0.5) is 26.3 Å².